The van der Waals surface area contributed by atoms with E-state index in [1.54, 1.807) is 0 Å². The van der Waals surface area contributed by atoms with Crippen LogP contribution in [0.15, 0.2) is 134 Å². The van der Waals surface area contributed by atoms with Gasteiger partial charge in [-0.25, -0.2) is 0 Å². The highest BCUT2D eigenvalue weighted by Crippen LogP contribution is 2.13. The van der Waals surface area contributed by atoms with E-state index in [-0.39, 0.29) is 37.5 Å². The summed E-state index contributed by atoms with van der Waals surface area (Å²) < 4.78 is 16.7. The van der Waals surface area contributed by atoms with Gasteiger partial charge in [-0.1, -0.05) is 225 Å². The molecule has 0 spiro atoms. The number of hydrogen-bond acceptors (Lipinski definition) is 6. The Kier molecular flexibility index (Phi) is 47.6. The summed E-state index contributed by atoms with van der Waals surface area (Å²) >= 11 is 0. The second-order valence-electron chi connectivity index (χ2n) is 16.2. The fourth-order valence-electron chi connectivity index (χ4n) is 6.36. The number of unbranched alkanes of at least 4 members (excludes halogenated alkanes) is 18. The largest absolute Gasteiger partial charge is 0.462 e. The predicted molar refractivity (Wildman–Crippen MR) is 274 cm³/mol. The van der Waals surface area contributed by atoms with Gasteiger partial charge in [0.1, 0.15) is 13.2 Å². The standard InChI is InChI=1S/C58H90O6/c1-4-7-10-13-16-19-22-25-28-31-33-36-39-42-45-48-51-57(60)63-54-55(64-58(61)52-49-46-43-40-37-34-30-27-24-21-18-15-12-9-6-3)53-62-56(59)50-47-44-41-38-35-32-29-26-23-20-17-14-11-8-5-2/h8-9,11-12,14-15,17-18,20-21,23-24,26-32,34-35,37,55H,4-7,10,13,16,19,22,25,33,36,38-54H2,1-3H3/b11-8-,12-9-,17-14-,18-15-,23-20-,24-21-,29-26-,30-27-,31-28-,35-32-,37-34-. The summed E-state index contributed by atoms with van der Waals surface area (Å²) in [6.07, 6.45) is 71.4. The van der Waals surface area contributed by atoms with E-state index in [0.29, 0.717) is 19.3 Å². The SMILES string of the molecule is CC\C=C/C=C\C=C/C=C\C=C/CCCCCC(=O)OCC(COC(=O)CCCCCCC/C=C\CCCCCCCCC)OC(=O)CCCCC\C=C/C=C\C=C/C=C\C=C/CC. The molecule has 6 heteroatoms. The van der Waals surface area contributed by atoms with E-state index in [0.717, 1.165) is 89.9 Å². The van der Waals surface area contributed by atoms with E-state index in [9.17, 15) is 14.4 Å². The van der Waals surface area contributed by atoms with Gasteiger partial charge < -0.3 is 14.2 Å². The highest BCUT2D eigenvalue weighted by molar-refractivity contribution is 5.71. The van der Waals surface area contributed by atoms with Crippen molar-refractivity contribution in [3.8, 4) is 0 Å². The summed E-state index contributed by atoms with van der Waals surface area (Å²) in [4.78, 5) is 38.0. The van der Waals surface area contributed by atoms with Crippen molar-refractivity contribution >= 4 is 17.9 Å². The minimum atomic E-state index is -0.826. The van der Waals surface area contributed by atoms with Gasteiger partial charge in [0, 0.05) is 19.3 Å². The van der Waals surface area contributed by atoms with Crippen molar-refractivity contribution in [2.45, 2.75) is 200 Å². The monoisotopic (exact) mass is 883 g/mol. The van der Waals surface area contributed by atoms with Crippen LogP contribution in [0.5, 0.6) is 0 Å². The average Bonchev–Trinajstić information content (AvgIpc) is 3.29. The average molecular weight is 883 g/mol. The molecule has 0 heterocycles. The molecule has 0 aromatic carbocycles. The summed E-state index contributed by atoms with van der Waals surface area (Å²) in [6.45, 7) is 6.24. The molecule has 0 saturated carbocycles. The van der Waals surface area contributed by atoms with Gasteiger partial charge in [0.05, 0.1) is 0 Å². The lowest BCUT2D eigenvalue weighted by atomic mass is 10.1. The van der Waals surface area contributed by atoms with Crippen LogP contribution < -0.4 is 0 Å². The summed E-state index contributed by atoms with van der Waals surface area (Å²) in [7, 11) is 0. The fourth-order valence-corrected chi connectivity index (χ4v) is 6.36. The van der Waals surface area contributed by atoms with Gasteiger partial charge in [0.15, 0.2) is 6.10 Å². The third-order valence-electron chi connectivity index (χ3n) is 10.1. The Morgan fingerprint density at radius 2 is 0.625 bits per heavy atom. The topological polar surface area (TPSA) is 78.9 Å². The molecule has 0 N–H and O–H groups in total. The Bertz CT molecular complexity index is 1430. The van der Waals surface area contributed by atoms with Crippen molar-refractivity contribution in [1.82, 2.24) is 0 Å². The predicted octanol–water partition coefficient (Wildman–Crippen LogP) is 16.7. The molecule has 0 aliphatic heterocycles. The lowest BCUT2D eigenvalue weighted by Crippen LogP contribution is -2.30. The normalized spacial score (nSPS) is 13.2. The highest BCUT2D eigenvalue weighted by Gasteiger charge is 2.19. The summed E-state index contributed by atoms with van der Waals surface area (Å²) in [5.41, 5.74) is 0. The van der Waals surface area contributed by atoms with Gasteiger partial charge in [-0.3, -0.25) is 14.4 Å². The van der Waals surface area contributed by atoms with E-state index < -0.39 is 6.10 Å². The van der Waals surface area contributed by atoms with Crippen molar-refractivity contribution in [3.05, 3.63) is 134 Å². The van der Waals surface area contributed by atoms with Gasteiger partial charge >= 0.3 is 17.9 Å². The van der Waals surface area contributed by atoms with Crippen molar-refractivity contribution in [2.24, 2.45) is 0 Å². The van der Waals surface area contributed by atoms with E-state index in [1.165, 1.54) is 57.8 Å². The number of ether oxygens (including phenoxy) is 3. The lowest BCUT2D eigenvalue weighted by molar-refractivity contribution is -0.167. The first-order valence-electron chi connectivity index (χ1n) is 25.3. The molecule has 0 aliphatic carbocycles. The van der Waals surface area contributed by atoms with Crippen LogP contribution in [0.2, 0.25) is 0 Å². The Morgan fingerprint density at radius 3 is 1.02 bits per heavy atom. The molecular weight excluding hydrogens is 793 g/mol. The summed E-state index contributed by atoms with van der Waals surface area (Å²) in [5, 5.41) is 0. The minimum Gasteiger partial charge on any atom is -0.462 e. The molecule has 358 valence electrons. The Morgan fingerprint density at radius 1 is 0.328 bits per heavy atom. The zero-order valence-corrected chi connectivity index (χ0v) is 40.7. The molecule has 0 aromatic rings. The molecule has 6 nitrogen and oxygen atoms in total. The molecule has 1 unspecified atom stereocenters. The maximum atomic E-state index is 12.8. The van der Waals surface area contributed by atoms with Crippen molar-refractivity contribution in [2.75, 3.05) is 13.2 Å². The molecule has 0 fully saturated rings. The van der Waals surface area contributed by atoms with Crippen LogP contribution >= 0.6 is 0 Å². The molecular formula is C58H90O6. The number of carbonyl (C=O) groups is 3. The maximum absolute atomic E-state index is 12.8. The molecule has 0 rings (SSSR count). The van der Waals surface area contributed by atoms with E-state index in [1.807, 2.05) is 97.2 Å². The molecule has 1 atom stereocenters. The third kappa shape index (κ3) is 48.6. The quantitative estimate of drug-likeness (QED) is 0.0200. The summed E-state index contributed by atoms with van der Waals surface area (Å²) in [6, 6.07) is 0. The molecule has 0 aliphatic rings. The van der Waals surface area contributed by atoms with Gasteiger partial charge in [-0.15, -0.1) is 0 Å². The van der Waals surface area contributed by atoms with Gasteiger partial charge in [0.25, 0.3) is 0 Å². The zero-order chi connectivity index (χ0) is 46.5. The smallest absolute Gasteiger partial charge is 0.306 e. The first-order chi connectivity index (χ1) is 31.5. The van der Waals surface area contributed by atoms with Crippen molar-refractivity contribution in [1.29, 1.82) is 0 Å². The van der Waals surface area contributed by atoms with E-state index in [2.05, 4.69) is 57.2 Å². The lowest BCUT2D eigenvalue weighted by Gasteiger charge is -2.18. The highest BCUT2D eigenvalue weighted by atomic mass is 16.6. The van der Waals surface area contributed by atoms with Crippen LogP contribution in [-0.2, 0) is 28.6 Å². The molecule has 0 amide bonds. The van der Waals surface area contributed by atoms with Gasteiger partial charge in [-0.05, 0) is 83.5 Å². The van der Waals surface area contributed by atoms with Crippen LogP contribution in [0.25, 0.3) is 0 Å². The van der Waals surface area contributed by atoms with Gasteiger partial charge in [-0.2, -0.15) is 0 Å². The van der Waals surface area contributed by atoms with Crippen LogP contribution in [0, 0.1) is 0 Å². The number of allylic oxidation sites excluding steroid dienone is 22. The number of carbonyl (C=O) groups excluding carboxylic acids is 3. The van der Waals surface area contributed by atoms with E-state index in [4.69, 9.17) is 14.2 Å². The van der Waals surface area contributed by atoms with Crippen LogP contribution in [0.4, 0.5) is 0 Å². The minimum absolute atomic E-state index is 0.119. The Labute approximate surface area is 392 Å². The van der Waals surface area contributed by atoms with Crippen LogP contribution in [-0.4, -0.2) is 37.2 Å². The first kappa shape index (κ1) is 59.5. The second kappa shape index (κ2) is 51.2. The first-order valence-corrected chi connectivity index (χ1v) is 25.3. The molecule has 0 radical (unpaired) electrons. The molecule has 64 heavy (non-hydrogen) atoms. The Hall–Kier alpha value is -4.45. The number of esters is 3. The molecule has 0 bridgehead atoms. The second-order valence-corrected chi connectivity index (χ2v) is 16.2. The third-order valence-corrected chi connectivity index (χ3v) is 10.1. The summed E-state index contributed by atoms with van der Waals surface area (Å²) in [5.74, 6) is -1.02. The van der Waals surface area contributed by atoms with Gasteiger partial charge in [0.2, 0.25) is 0 Å². The van der Waals surface area contributed by atoms with Crippen molar-refractivity contribution in [3.63, 3.8) is 0 Å². The van der Waals surface area contributed by atoms with Crippen LogP contribution in [0.3, 0.4) is 0 Å². The Balaban J connectivity index is 4.58. The van der Waals surface area contributed by atoms with E-state index >= 15 is 0 Å². The van der Waals surface area contributed by atoms with Crippen molar-refractivity contribution < 1.29 is 28.6 Å². The number of hydrogen-bond donors (Lipinski definition) is 0. The zero-order valence-electron chi connectivity index (χ0n) is 40.7. The van der Waals surface area contributed by atoms with Crippen LogP contribution in [0.1, 0.15) is 194 Å². The molecule has 0 saturated heterocycles. The number of rotatable bonds is 43. The fraction of sp³-hybridized carbons (Fsp3) is 0.569. The maximum Gasteiger partial charge on any atom is 0.306 e. The molecule has 0 aromatic heterocycles.